The fourth-order valence-corrected chi connectivity index (χ4v) is 3.24. The van der Waals surface area contributed by atoms with E-state index in [1.165, 1.54) is 11.3 Å². The number of aromatic amines is 1. The van der Waals surface area contributed by atoms with Gasteiger partial charge in [-0.1, -0.05) is 13.8 Å². The first-order valence-corrected chi connectivity index (χ1v) is 6.46. The van der Waals surface area contributed by atoms with E-state index in [1.807, 2.05) is 0 Å². The highest BCUT2D eigenvalue weighted by Gasteiger charge is 2.35. The molecule has 1 aromatic rings. The molecule has 0 amide bonds. The third kappa shape index (κ3) is 1.80. The monoisotopic (exact) mass is 220 g/mol. The van der Waals surface area contributed by atoms with Gasteiger partial charge in [-0.05, 0) is 38.3 Å². The van der Waals surface area contributed by atoms with Crippen molar-refractivity contribution in [2.24, 2.45) is 5.92 Å². The average molecular weight is 220 g/mol. The van der Waals surface area contributed by atoms with Gasteiger partial charge in [-0.3, -0.25) is 4.90 Å². The van der Waals surface area contributed by atoms with Gasteiger partial charge in [-0.15, -0.1) is 0 Å². The molecule has 0 fully saturated rings. The maximum absolute atomic E-state index is 3.41. The zero-order valence-electron chi connectivity index (χ0n) is 11.1. The van der Waals surface area contributed by atoms with Crippen molar-refractivity contribution in [1.82, 2.24) is 9.88 Å². The Balaban J connectivity index is 2.41. The Morgan fingerprint density at radius 2 is 2.00 bits per heavy atom. The van der Waals surface area contributed by atoms with Crippen LogP contribution in [0.3, 0.4) is 0 Å². The standard InChI is InChI=1S/C14H24N2/c1-9(2)14-12-6-7-15-13(12)8-11(5)16(14)10(3)4/h6-7,9-11,14-15H,8H2,1-5H3/t11-,14-/m1/s1. The zero-order valence-corrected chi connectivity index (χ0v) is 11.1. The molecule has 90 valence electrons. The molecule has 0 unspecified atom stereocenters. The van der Waals surface area contributed by atoms with Gasteiger partial charge in [0.2, 0.25) is 0 Å². The number of aromatic nitrogens is 1. The molecule has 0 saturated heterocycles. The van der Waals surface area contributed by atoms with Crippen molar-refractivity contribution in [2.75, 3.05) is 0 Å². The maximum Gasteiger partial charge on any atom is 0.0394 e. The average Bonchev–Trinajstić information content (AvgIpc) is 2.61. The molecule has 0 spiro atoms. The molecule has 0 radical (unpaired) electrons. The van der Waals surface area contributed by atoms with Crippen LogP contribution in [0.4, 0.5) is 0 Å². The smallest absolute Gasteiger partial charge is 0.0394 e. The van der Waals surface area contributed by atoms with Gasteiger partial charge >= 0.3 is 0 Å². The molecule has 0 aliphatic carbocycles. The maximum atomic E-state index is 3.41. The lowest BCUT2D eigenvalue weighted by Gasteiger charge is -2.45. The summed E-state index contributed by atoms with van der Waals surface area (Å²) in [6, 6.07) is 4.09. The van der Waals surface area contributed by atoms with Crippen molar-refractivity contribution < 1.29 is 0 Å². The van der Waals surface area contributed by atoms with Crippen LogP contribution in [0.2, 0.25) is 0 Å². The second-order valence-corrected chi connectivity index (χ2v) is 5.69. The van der Waals surface area contributed by atoms with E-state index in [-0.39, 0.29) is 0 Å². The minimum Gasteiger partial charge on any atom is -0.365 e. The first-order chi connectivity index (χ1) is 7.52. The van der Waals surface area contributed by atoms with Gasteiger partial charge in [0.25, 0.3) is 0 Å². The quantitative estimate of drug-likeness (QED) is 0.809. The van der Waals surface area contributed by atoms with Crippen molar-refractivity contribution >= 4 is 0 Å². The Morgan fingerprint density at radius 3 is 2.56 bits per heavy atom. The van der Waals surface area contributed by atoms with Crippen LogP contribution in [0.5, 0.6) is 0 Å². The van der Waals surface area contributed by atoms with Gasteiger partial charge in [0.05, 0.1) is 0 Å². The van der Waals surface area contributed by atoms with Gasteiger partial charge < -0.3 is 4.98 Å². The third-order valence-electron chi connectivity index (χ3n) is 3.75. The molecule has 0 aromatic carbocycles. The number of rotatable bonds is 2. The fourth-order valence-electron chi connectivity index (χ4n) is 3.24. The summed E-state index contributed by atoms with van der Waals surface area (Å²) in [5, 5.41) is 0. The van der Waals surface area contributed by atoms with E-state index in [0.717, 1.165) is 6.42 Å². The summed E-state index contributed by atoms with van der Waals surface area (Å²) in [4.78, 5) is 6.07. The normalized spacial score (nSPS) is 26.4. The minimum absolute atomic E-state index is 0.574. The fraction of sp³-hybridized carbons (Fsp3) is 0.714. The van der Waals surface area contributed by atoms with E-state index < -0.39 is 0 Å². The molecule has 2 heterocycles. The third-order valence-corrected chi connectivity index (χ3v) is 3.75. The van der Waals surface area contributed by atoms with E-state index in [2.05, 4.69) is 56.8 Å². The van der Waals surface area contributed by atoms with Crippen LogP contribution in [0.25, 0.3) is 0 Å². The molecule has 1 aliphatic rings. The highest BCUT2D eigenvalue weighted by atomic mass is 15.2. The van der Waals surface area contributed by atoms with Crippen molar-refractivity contribution in [1.29, 1.82) is 0 Å². The SMILES string of the molecule is CC(C)[C@@H]1c2cc[nH]c2C[C@@H](C)N1C(C)C. The van der Waals surface area contributed by atoms with Crippen LogP contribution in [-0.4, -0.2) is 22.0 Å². The van der Waals surface area contributed by atoms with Crippen LogP contribution in [0.15, 0.2) is 12.3 Å². The Bertz CT molecular complexity index is 351. The molecule has 16 heavy (non-hydrogen) atoms. The van der Waals surface area contributed by atoms with Crippen molar-refractivity contribution in [3.8, 4) is 0 Å². The van der Waals surface area contributed by atoms with Crippen molar-refractivity contribution in [2.45, 2.75) is 59.2 Å². The highest BCUT2D eigenvalue weighted by molar-refractivity contribution is 5.29. The second-order valence-electron chi connectivity index (χ2n) is 5.69. The van der Waals surface area contributed by atoms with Gasteiger partial charge in [0, 0.05) is 36.4 Å². The van der Waals surface area contributed by atoms with E-state index in [9.17, 15) is 0 Å². The van der Waals surface area contributed by atoms with E-state index in [1.54, 1.807) is 0 Å². The number of hydrogen-bond donors (Lipinski definition) is 1. The van der Waals surface area contributed by atoms with E-state index >= 15 is 0 Å². The lowest BCUT2D eigenvalue weighted by atomic mass is 9.86. The van der Waals surface area contributed by atoms with Crippen LogP contribution >= 0.6 is 0 Å². The molecule has 2 atom stereocenters. The summed E-state index contributed by atoms with van der Waals surface area (Å²) in [7, 11) is 0. The molecule has 1 aromatic heterocycles. The molecular formula is C14H24N2. The van der Waals surface area contributed by atoms with Crippen LogP contribution in [0.1, 0.15) is 51.9 Å². The van der Waals surface area contributed by atoms with Crippen molar-refractivity contribution in [3.05, 3.63) is 23.5 Å². The number of fused-ring (bicyclic) bond motifs is 1. The van der Waals surface area contributed by atoms with E-state index in [0.29, 0.717) is 24.0 Å². The largest absolute Gasteiger partial charge is 0.365 e. The van der Waals surface area contributed by atoms with Gasteiger partial charge in [-0.2, -0.15) is 0 Å². The van der Waals surface area contributed by atoms with Crippen molar-refractivity contribution in [3.63, 3.8) is 0 Å². The predicted octanol–water partition coefficient (Wildman–Crippen LogP) is 3.37. The molecule has 2 heteroatoms. The lowest BCUT2D eigenvalue weighted by molar-refractivity contribution is 0.0615. The summed E-state index contributed by atoms with van der Waals surface area (Å²) < 4.78 is 0. The topological polar surface area (TPSA) is 19.0 Å². The van der Waals surface area contributed by atoms with Gasteiger partial charge in [0.15, 0.2) is 0 Å². The number of H-pyrrole nitrogens is 1. The number of nitrogens with one attached hydrogen (secondary N) is 1. The molecule has 2 rings (SSSR count). The van der Waals surface area contributed by atoms with Gasteiger partial charge in [0.1, 0.15) is 0 Å². The first-order valence-electron chi connectivity index (χ1n) is 6.46. The molecule has 0 bridgehead atoms. The number of nitrogens with zero attached hydrogens (tertiary/aromatic N) is 1. The van der Waals surface area contributed by atoms with Crippen LogP contribution in [0, 0.1) is 5.92 Å². The van der Waals surface area contributed by atoms with Crippen LogP contribution in [-0.2, 0) is 6.42 Å². The first kappa shape index (κ1) is 11.7. The summed E-state index contributed by atoms with van der Waals surface area (Å²) >= 11 is 0. The predicted molar refractivity (Wildman–Crippen MR) is 68.5 cm³/mol. The van der Waals surface area contributed by atoms with Crippen LogP contribution < -0.4 is 0 Å². The molecular weight excluding hydrogens is 196 g/mol. The summed E-state index contributed by atoms with van der Waals surface area (Å²) in [5.74, 6) is 0.666. The lowest BCUT2D eigenvalue weighted by Crippen LogP contribution is -2.47. The summed E-state index contributed by atoms with van der Waals surface area (Å²) in [6.07, 6.45) is 3.25. The van der Waals surface area contributed by atoms with Gasteiger partial charge in [-0.25, -0.2) is 0 Å². The zero-order chi connectivity index (χ0) is 11.9. The Morgan fingerprint density at radius 1 is 1.31 bits per heavy atom. The minimum atomic E-state index is 0.574. The van der Waals surface area contributed by atoms with E-state index in [4.69, 9.17) is 0 Å². The number of hydrogen-bond acceptors (Lipinski definition) is 1. The molecule has 1 N–H and O–H groups in total. The summed E-state index contributed by atoms with van der Waals surface area (Å²) in [6.45, 7) is 11.6. The summed E-state index contributed by atoms with van der Waals surface area (Å²) in [5.41, 5.74) is 2.96. The Hall–Kier alpha value is -0.760. The molecule has 2 nitrogen and oxygen atoms in total. The molecule has 1 aliphatic heterocycles. The molecule has 0 saturated carbocycles. The second kappa shape index (κ2) is 4.25. The Labute approximate surface area is 99.0 Å². The Kier molecular flexibility index (Phi) is 3.11. The highest BCUT2D eigenvalue weighted by Crippen LogP contribution is 2.38.